The predicted molar refractivity (Wildman–Crippen MR) is 66.2 cm³/mol. The minimum Gasteiger partial charge on any atom is -0.342 e. The fraction of sp³-hybridized carbons (Fsp3) is 0.909. The van der Waals surface area contributed by atoms with E-state index in [0.29, 0.717) is 11.9 Å². The molecule has 1 heterocycles. The average molecular weight is 230 g/mol. The standard InChI is InChI=1S/C11H22N2OS/c1-4-10(8-15-3)13(2)11(14)9-5-6-12-7-9/h9-10,12H,4-8H2,1-3H3. The Labute approximate surface area is 97.0 Å². The van der Waals surface area contributed by atoms with Gasteiger partial charge in [-0.05, 0) is 25.6 Å². The smallest absolute Gasteiger partial charge is 0.227 e. The van der Waals surface area contributed by atoms with Crippen molar-refractivity contribution in [2.45, 2.75) is 25.8 Å². The Kier molecular flexibility index (Phi) is 5.47. The van der Waals surface area contributed by atoms with Gasteiger partial charge in [-0.1, -0.05) is 6.92 Å². The second kappa shape index (κ2) is 6.38. The molecule has 0 spiro atoms. The Morgan fingerprint density at radius 2 is 2.40 bits per heavy atom. The minimum atomic E-state index is 0.214. The van der Waals surface area contributed by atoms with Gasteiger partial charge >= 0.3 is 0 Å². The summed E-state index contributed by atoms with van der Waals surface area (Å²) < 4.78 is 0. The van der Waals surface area contributed by atoms with Crippen molar-refractivity contribution in [3.63, 3.8) is 0 Å². The van der Waals surface area contributed by atoms with E-state index >= 15 is 0 Å². The lowest BCUT2D eigenvalue weighted by Gasteiger charge is -2.29. The van der Waals surface area contributed by atoms with E-state index in [2.05, 4.69) is 18.5 Å². The summed E-state index contributed by atoms with van der Waals surface area (Å²) in [6, 6.07) is 0.396. The normalized spacial score (nSPS) is 22.7. The molecule has 1 saturated heterocycles. The molecule has 1 aliphatic heterocycles. The Morgan fingerprint density at radius 3 is 2.87 bits per heavy atom. The van der Waals surface area contributed by atoms with Crippen LogP contribution in [0.15, 0.2) is 0 Å². The molecule has 1 amide bonds. The third-order valence-electron chi connectivity index (χ3n) is 3.14. The van der Waals surface area contributed by atoms with Crippen LogP contribution >= 0.6 is 11.8 Å². The van der Waals surface area contributed by atoms with Crippen molar-refractivity contribution in [1.82, 2.24) is 10.2 Å². The van der Waals surface area contributed by atoms with Crippen LogP contribution in [0.2, 0.25) is 0 Å². The van der Waals surface area contributed by atoms with E-state index in [1.54, 1.807) is 0 Å². The van der Waals surface area contributed by atoms with Crippen molar-refractivity contribution in [2.24, 2.45) is 5.92 Å². The third-order valence-corrected chi connectivity index (χ3v) is 3.85. The molecule has 0 radical (unpaired) electrons. The Morgan fingerprint density at radius 1 is 1.67 bits per heavy atom. The first-order chi connectivity index (χ1) is 7.20. The number of amides is 1. The zero-order chi connectivity index (χ0) is 11.3. The summed E-state index contributed by atoms with van der Waals surface area (Å²) in [6.07, 6.45) is 4.14. The lowest BCUT2D eigenvalue weighted by Crippen LogP contribution is -2.42. The molecule has 1 aliphatic rings. The number of nitrogens with one attached hydrogen (secondary N) is 1. The average Bonchev–Trinajstić information content (AvgIpc) is 2.77. The van der Waals surface area contributed by atoms with Gasteiger partial charge in [0.2, 0.25) is 5.91 Å². The van der Waals surface area contributed by atoms with Crippen molar-refractivity contribution >= 4 is 17.7 Å². The molecule has 2 atom stereocenters. The lowest BCUT2D eigenvalue weighted by atomic mass is 10.1. The highest BCUT2D eigenvalue weighted by Gasteiger charge is 2.28. The van der Waals surface area contributed by atoms with Gasteiger partial charge in [0, 0.05) is 25.4 Å². The maximum Gasteiger partial charge on any atom is 0.227 e. The maximum absolute atomic E-state index is 12.1. The number of carbonyl (C=O) groups is 1. The molecule has 3 nitrogen and oxygen atoms in total. The van der Waals surface area contributed by atoms with Gasteiger partial charge in [-0.25, -0.2) is 0 Å². The van der Waals surface area contributed by atoms with Crippen LogP contribution in [0.4, 0.5) is 0 Å². The van der Waals surface area contributed by atoms with E-state index in [9.17, 15) is 4.79 Å². The van der Waals surface area contributed by atoms with Crippen LogP contribution in [0, 0.1) is 5.92 Å². The highest BCUT2D eigenvalue weighted by Crippen LogP contribution is 2.15. The molecular formula is C11H22N2OS. The van der Waals surface area contributed by atoms with E-state index < -0.39 is 0 Å². The molecule has 0 aliphatic carbocycles. The summed E-state index contributed by atoms with van der Waals surface area (Å²) in [5, 5.41) is 3.24. The number of carbonyl (C=O) groups excluding carboxylic acids is 1. The second-order valence-electron chi connectivity index (χ2n) is 4.16. The Hall–Kier alpha value is -0.220. The van der Waals surface area contributed by atoms with Crippen LogP contribution in [-0.4, -0.2) is 49.0 Å². The van der Waals surface area contributed by atoms with Crippen molar-refractivity contribution < 1.29 is 4.79 Å². The summed E-state index contributed by atoms with van der Waals surface area (Å²) in [5.41, 5.74) is 0. The molecule has 88 valence electrons. The van der Waals surface area contributed by atoms with Crippen LogP contribution in [0.5, 0.6) is 0 Å². The molecule has 15 heavy (non-hydrogen) atoms. The van der Waals surface area contributed by atoms with Crippen LogP contribution in [0.1, 0.15) is 19.8 Å². The van der Waals surface area contributed by atoms with Gasteiger partial charge in [0.05, 0.1) is 5.92 Å². The fourth-order valence-electron chi connectivity index (χ4n) is 2.03. The van der Waals surface area contributed by atoms with Gasteiger partial charge in [-0.3, -0.25) is 4.79 Å². The molecule has 1 N–H and O–H groups in total. The van der Waals surface area contributed by atoms with E-state index in [1.165, 1.54) is 0 Å². The lowest BCUT2D eigenvalue weighted by molar-refractivity contribution is -0.135. The zero-order valence-electron chi connectivity index (χ0n) is 9.95. The van der Waals surface area contributed by atoms with Crippen molar-refractivity contribution in [3.05, 3.63) is 0 Å². The number of hydrogen-bond donors (Lipinski definition) is 1. The number of thioether (sulfide) groups is 1. The van der Waals surface area contributed by atoms with Gasteiger partial charge in [0.15, 0.2) is 0 Å². The quantitative estimate of drug-likeness (QED) is 0.770. The molecule has 0 aromatic heterocycles. The summed E-state index contributed by atoms with van der Waals surface area (Å²) in [4.78, 5) is 14.0. The topological polar surface area (TPSA) is 32.3 Å². The predicted octanol–water partition coefficient (Wildman–Crippen LogP) is 1.20. The molecule has 2 unspecified atom stereocenters. The first-order valence-corrected chi connectivity index (χ1v) is 7.06. The Bertz CT molecular complexity index is 205. The maximum atomic E-state index is 12.1. The Balaban J connectivity index is 2.48. The van der Waals surface area contributed by atoms with E-state index in [4.69, 9.17) is 0 Å². The summed E-state index contributed by atoms with van der Waals surface area (Å²) >= 11 is 1.81. The first-order valence-electron chi connectivity index (χ1n) is 5.67. The molecule has 0 aromatic rings. The summed E-state index contributed by atoms with van der Waals surface area (Å²) in [7, 11) is 1.95. The van der Waals surface area contributed by atoms with Crippen molar-refractivity contribution in [1.29, 1.82) is 0 Å². The van der Waals surface area contributed by atoms with E-state index in [-0.39, 0.29) is 5.92 Å². The van der Waals surface area contributed by atoms with Gasteiger partial charge in [-0.15, -0.1) is 0 Å². The molecule has 0 saturated carbocycles. The molecule has 0 bridgehead atoms. The molecule has 1 fully saturated rings. The van der Waals surface area contributed by atoms with Crippen LogP contribution in [-0.2, 0) is 4.79 Å². The number of hydrogen-bond acceptors (Lipinski definition) is 3. The number of rotatable bonds is 5. The van der Waals surface area contributed by atoms with Crippen LogP contribution in [0.25, 0.3) is 0 Å². The van der Waals surface area contributed by atoms with Crippen LogP contribution in [0.3, 0.4) is 0 Å². The highest BCUT2D eigenvalue weighted by molar-refractivity contribution is 7.98. The number of nitrogens with zero attached hydrogens (tertiary/aromatic N) is 1. The minimum absolute atomic E-state index is 0.214. The van der Waals surface area contributed by atoms with Gasteiger partial charge in [0.1, 0.15) is 0 Å². The SMILES string of the molecule is CCC(CSC)N(C)C(=O)C1CCNC1. The van der Waals surface area contributed by atoms with Gasteiger partial charge < -0.3 is 10.2 Å². The zero-order valence-corrected chi connectivity index (χ0v) is 10.8. The fourth-order valence-corrected chi connectivity index (χ4v) is 2.87. The second-order valence-corrected chi connectivity index (χ2v) is 5.07. The summed E-state index contributed by atoms with van der Waals surface area (Å²) in [6.45, 7) is 4.00. The van der Waals surface area contributed by atoms with E-state index in [0.717, 1.165) is 31.7 Å². The van der Waals surface area contributed by atoms with E-state index in [1.807, 2.05) is 23.7 Å². The third kappa shape index (κ3) is 3.38. The molecule has 4 heteroatoms. The largest absolute Gasteiger partial charge is 0.342 e. The highest BCUT2D eigenvalue weighted by atomic mass is 32.2. The first kappa shape index (κ1) is 12.8. The van der Waals surface area contributed by atoms with Crippen LogP contribution < -0.4 is 5.32 Å². The van der Waals surface area contributed by atoms with Crippen molar-refractivity contribution in [2.75, 3.05) is 32.1 Å². The molecule has 1 rings (SSSR count). The monoisotopic (exact) mass is 230 g/mol. The van der Waals surface area contributed by atoms with Crippen molar-refractivity contribution in [3.8, 4) is 0 Å². The summed E-state index contributed by atoms with van der Waals surface area (Å²) in [5.74, 6) is 1.57. The van der Waals surface area contributed by atoms with Gasteiger partial charge in [0.25, 0.3) is 0 Å². The molecular weight excluding hydrogens is 208 g/mol. The van der Waals surface area contributed by atoms with Gasteiger partial charge in [-0.2, -0.15) is 11.8 Å². The molecule has 0 aromatic carbocycles.